The van der Waals surface area contributed by atoms with Crippen LogP contribution in [-0.4, -0.2) is 27.7 Å². The summed E-state index contributed by atoms with van der Waals surface area (Å²) in [4.78, 5) is 10.5. The first-order chi connectivity index (χ1) is 12.9. The van der Waals surface area contributed by atoms with Gasteiger partial charge in [0.25, 0.3) is 0 Å². The minimum Gasteiger partial charge on any atom is -0.387 e. The van der Waals surface area contributed by atoms with Crippen LogP contribution in [-0.2, 0) is 4.79 Å². The zero-order chi connectivity index (χ0) is 21.4. The van der Waals surface area contributed by atoms with Crippen molar-refractivity contribution in [1.29, 1.82) is 0 Å². The minimum atomic E-state index is -1.26. The maximum Gasteiger partial charge on any atom is 0.145 e. The molecule has 0 aromatic rings. The summed E-state index contributed by atoms with van der Waals surface area (Å²) in [6.45, 7) is 11.5. The molecule has 2 N–H and O–H groups in total. The third kappa shape index (κ3) is 6.29. The fourth-order valence-corrected chi connectivity index (χ4v) is 3.56. The molecule has 1 fully saturated rings. The Kier molecular flexibility index (Phi) is 8.59. The Hall–Kier alpha value is -1.97. The van der Waals surface area contributed by atoms with Crippen molar-refractivity contribution >= 4 is 6.29 Å². The molecular weight excluding hydrogens is 348 g/mol. The SMILES string of the molecule is C\C(C=O)=C/C=C/C=C(C)/C=C/C=C(C)/C=C/C1(O)C(C)(C)CCCC1(C)O. The quantitative estimate of drug-likeness (QED) is 0.352. The van der Waals surface area contributed by atoms with Crippen LogP contribution < -0.4 is 0 Å². The molecule has 0 radical (unpaired) electrons. The van der Waals surface area contributed by atoms with Gasteiger partial charge in [-0.2, -0.15) is 0 Å². The van der Waals surface area contributed by atoms with E-state index in [9.17, 15) is 15.0 Å². The van der Waals surface area contributed by atoms with Crippen LogP contribution in [0, 0.1) is 5.41 Å². The minimum absolute atomic E-state index is 0.385. The lowest BCUT2D eigenvalue weighted by atomic mass is 9.58. The number of aldehydes is 1. The summed E-state index contributed by atoms with van der Waals surface area (Å²) in [6.07, 6.45) is 20.3. The number of carbonyl (C=O) groups is 1. The van der Waals surface area contributed by atoms with Gasteiger partial charge in [-0.1, -0.05) is 73.6 Å². The van der Waals surface area contributed by atoms with E-state index in [-0.39, 0.29) is 5.41 Å². The Balaban J connectivity index is 2.83. The van der Waals surface area contributed by atoms with Gasteiger partial charge in [-0.15, -0.1) is 0 Å². The van der Waals surface area contributed by atoms with Crippen molar-refractivity contribution in [3.63, 3.8) is 0 Å². The van der Waals surface area contributed by atoms with Crippen molar-refractivity contribution in [2.75, 3.05) is 0 Å². The van der Waals surface area contributed by atoms with E-state index in [4.69, 9.17) is 0 Å². The molecule has 0 amide bonds. The third-order valence-corrected chi connectivity index (χ3v) is 5.64. The van der Waals surface area contributed by atoms with E-state index in [1.807, 2.05) is 70.2 Å². The smallest absolute Gasteiger partial charge is 0.145 e. The second-order valence-electron chi connectivity index (χ2n) is 8.70. The van der Waals surface area contributed by atoms with Crippen molar-refractivity contribution in [3.05, 3.63) is 71.4 Å². The Bertz CT molecular complexity index is 709. The van der Waals surface area contributed by atoms with E-state index in [1.54, 1.807) is 26.0 Å². The monoisotopic (exact) mass is 384 g/mol. The largest absolute Gasteiger partial charge is 0.387 e. The predicted octanol–water partition coefficient (Wildman–Crippen LogP) is 5.39. The van der Waals surface area contributed by atoms with E-state index in [0.717, 1.165) is 30.3 Å². The van der Waals surface area contributed by atoms with E-state index in [0.29, 0.717) is 12.0 Å². The molecule has 0 aromatic heterocycles. The molecule has 3 nitrogen and oxygen atoms in total. The van der Waals surface area contributed by atoms with Crippen molar-refractivity contribution in [2.45, 2.75) is 72.0 Å². The zero-order valence-corrected chi connectivity index (χ0v) is 18.2. The molecule has 154 valence electrons. The lowest BCUT2D eigenvalue weighted by Crippen LogP contribution is -2.62. The van der Waals surface area contributed by atoms with Gasteiger partial charge < -0.3 is 10.2 Å². The van der Waals surface area contributed by atoms with Gasteiger partial charge >= 0.3 is 0 Å². The van der Waals surface area contributed by atoms with Crippen molar-refractivity contribution in [2.24, 2.45) is 5.41 Å². The molecule has 1 rings (SSSR count). The summed E-state index contributed by atoms with van der Waals surface area (Å²) in [6, 6.07) is 0. The van der Waals surface area contributed by atoms with E-state index >= 15 is 0 Å². The topological polar surface area (TPSA) is 57.5 Å². The fourth-order valence-electron chi connectivity index (χ4n) is 3.56. The first kappa shape index (κ1) is 24.1. The second kappa shape index (κ2) is 9.99. The van der Waals surface area contributed by atoms with Crippen LogP contribution in [0.3, 0.4) is 0 Å². The molecule has 1 aliphatic rings. The number of carbonyl (C=O) groups excluding carboxylic acids is 1. The highest BCUT2D eigenvalue weighted by Gasteiger charge is 2.56. The molecular formula is C25H36O3. The maximum atomic E-state index is 11.2. The van der Waals surface area contributed by atoms with Crippen LogP contribution in [0.15, 0.2) is 71.4 Å². The van der Waals surface area contributed by atoms with Crippen LogP contribution in [0.2, 0.25) is 0 Å². The summed E-state index contributed by atoms with van der Waals surface area (Å²) >= 11 is 0. The summed E-state index contributed by atoms with van der Waals surface area (Å²) in [5.41, 5.74) is -0.0193. The number of rotatable bonds is 7. The molecule has 1 aliphatic carbocycles. The first-order valence-electron chi connectivity index (χ1n) is 9.91. The average Bonchev–Trinajstić information content (AvgIpc) is 2.61. The molecule has 1 saturated carbocycles. The normalized spacial score (nSPS) is 29.9. The summed E-state index contributed by atoms with van der Waals surface area (Å²) in [7, 11) is 0. The molecule has 0 saturated heterocycles. The highest BCUT2D eigenvalue weighted by Crippen LogP contribution is 2.50. The van der Waals surface area contributed by atoms with Crippen LogP contribution in [0.25, 0.3) is 0 Å². The van der Waals surface area contributed by atoms with Gasteiger partial charge in [0.1, 0.15) is 11.9 Å². The fraction of sp³-hybridized carbons (Fsp3) is 0.480. The van der Waals surface area contributed by atoms with Gasteiger partial charge in [0.15, 0.2) is 0 Å². The van der Waals surface area contributed by atoms with Crippen LogP contribution in [0.1, 0.15) is 60.8 Å². The van der Waals surface area contributed by atoms with Crippen molar-refractivity contribution in [3.8, 4) is 0 Å². The Morgan fingerprint density at radius 3 is 1.89 bits per heavy atom. The first-order valence-corrected chi connectivity index (χ1v) is 9.91. The summed E-state index contributed by atoms with van der Waals surface area (Å²) in [5, 5.41) is 22.0. The Morgan fingerprint density at radius 2 is 1.32 bits per heavy atom. The second-order valence-corrected chi connectivity index (χ2v) is 8.70. The van der Waals surface area contributed by atoms with Crippen molar-refractivity contribution < 1.29 is 15.0 Å². The third-order valence-electron chi connectivity index (χ3n) is 5.64. The Morgan fingerprint density at radius 1 is 0.786 bits per heavy atom. The highest BCUT2D eigenvalue weighted by atomic mass is 16.4. The van der Waals surface area contributed by atoms with Crippen LogP contribution in [0.5, 0.6) is 0 Å². The van der Waals surface area contributed by atoms with Gasteiger partial charge in [0.05, 0.1) is 5.60 Å². The molecule has 2 unspecified atom stereocenters. The standard InChI is InChI=1S/C25H36O3/c1-20(11-7-8-12-22(3)19-26)13-9-14-21(2)15-18-25(28)23(4,5)16-10-17-24(25,6)27/h7-9,11-15,18-19,27-28H,10,16-17H2,1-6H3/b8-7+,13-9+,18-15+,20-11+,21-14+,22-12+. The van der Waals surface area contributed by atoms with E-state index in [1.165, 1.54) is 0 Å². The molecule has 0 aliphatic heterocycles. The van der Waals surface area contributed by atoms with Crippen LogP contribution in [0.4, 0.5) is 0 Å². The Labute approximate surface area is 170 Å². The van der Waals surface area contributed by atoms with Gasteiger partial charge in [0, 0.05) is 0 Å². The molecule has 0 aromatic carbocycles. The summed E-state index contributed by atoms with van der Waals surface area (Å²) < 4.78 is 0. The van der Waals surface area contributed by atoms with E-state index in [2.05, 4.69) is 0 Å². The molecule has 2 atom stereocenters. The van der Waals surface area contributed by atoms with Gasteiger partial charge in [-0.25, -0.2) is 0 Å². The number of aliphatic hydroxyl groups is 2. The van der Waals surface area contributed by atoms with E-state index < -0.39 is 11.2 Å². The maximum absolute atomic E-state index is 11.2. The molecule has 28 heavy (non-hydrogen) atoms. The van der Waals surface area contributed by atoms with Gasteiger partial charge in [-0.05, 0) is 64.0 Å². The van der Waals surface area contributed by atoms with Crippen LogP contribution >= 0.6 is 0 Å². The zero-order valence-electron chi connectivity index (χ0n) is 18.2. The summed E-state index contributed by atoms with van der Waals surface area (Å²) in [5.74, 6) is 0. The lowest BCUT2D eigenvalue weighted by Gasteiger charge is -2.53. The number of allylic oxidation sites excluding steroid dienone is 11. The highest BCUT2D eigenvalue weighted by molar-refractivity contribution is 5.72. The lowest BCUT2D eigenvalue weighted by molar-refractivity contribution is -0.194. The molecule has 0 spiro atoms. The predicted molar refractivity (Wildman–Crippen MR) is 118 cm³/mol. The average molecular weight is 385 g/mol. The number of hydrogen-bond donors (Lipinski definition) is 2. The van der Waals surface area contributed by atoms with Gasteiger partial charge in [0.2, 0.25) is 0 Å². The van der Waals surface area contributed by atoms with Crippen molar-refractivity contribution in [1.82, 2.24) is 0 Å². The molecule has 0 heterocycles. The molecule has 3 heteroatoms. The van der Waals surface area contributed by atoms with Gasteiger partial charge in [-0.3, -0.25) is 4.79 Å². The number of hydrogen-bond acceptors (Lipinski definition) is 3. The molecule has 0 bridgehead atoms.